The Kier molecular flexibility index (Phi) is 7.21. The highest BCUT2D eigenvalue weighted by atomic mass is 19.2. The minimum absolute atomic E-state index is 0.424. The summed E-state index contributed by atoms with van der Waals surface area (Å²) in [5, 5.41) is 0. The SMILES string of the molecule is Cc1c(F)c(F)c(F)c(F)c1CC(=O)[C@H](C)N(C)c1nc2c(nc1Cc1ccccc1)-c1ccccc1CC2. The van der Waals surface area contributed by atoms with Crippen molar-refractivity contribution in [3.63, 3.8) is 0 Å². The standard InChI is InChI=1S/C31H27F4N3O/c1-17-22(27(33)29(35)28(34)26(17)32)16-25(39)18(2)38(3)31-24(15-19-9-5-4-6-10-19)36-30-21-12-8-7-11-20(21)13-14-23(30)37-31/h4-12,18H,13-16H2,1-3H3/t18-/m0/s1. The fourth-order valence-corrected chi connectivity index (χ4v) is 5.02. The Bertz CT molecular complexity index is 1540. The number of rotatable bonds is 7. The van der Waals surface area contributed by atoms with Crippen molar-refractivity contribution in [2.24, 2.45) is 0 Å². The number of fused-ring (bicyclic) bond motifs is 3. The summed E-state index contributed by atoms with van der Waals surface area (Å²) in [7, 11) is 1.69. The van der Waals surface area contributed by atoms with Gasteiger partial charge in [0, 0.05) is 31.0 Å². The third-order valence-electron chi connectivity index (χ3n) is 7.49. The largest absolute Gasteiger partial charge is 0.348 e. The number of ketones is 1. The predicted octanol–water partition coefficient (Wildman–Crippen LogP) is 6.33. The summed E-state index contributed by atoms with van der Waals surface area (Å²) >= 11 is 0. The molecule has 4 aromatic rings. The first kappa shape index (κ1) is 26.5. The normalized spacial score (nSPS) is 13.0. The Morgan fingerprint density at radius 1 is 0.897 bits per heavy atom. The van der Waals surface area contributed by atoms with E-state index < -0.39 is 52.6 Å². The lowest BCUT2D eigenvalue weighted by molar-refractivity contribution is -0.119. The first-order valence-corrected chi connectivity index (χ1v) is 12.8. The summed E-state index contributed by atoms with van der Waals surface area (Å²) in [6.45, 7) is 2.75. The molecule has 200 valence electrons. The number of benzene rings is 3. The van der Waals surface area contributed by atoms with E-state index in [2.05, 4.69) is 6.07 Å². The van der Waals surface area contributed by atoms with Gasteiger partial charge in [0.25, 0.3) is 0 Å². The molecule has 8 heteroatoms. The second-order valence-electron chi connectivity index (χ2n) is 9.90. The molecule has 0 radical (unpaired) electrons. The van der Waals surface area contributed by atoms with Gasteiger partial charge in [0.2, 0.25) is 0 Å². The Balaban J connectivity index is 1.52. The number of Topliss-reactive ketones (excluding diaryl/α,β-unsaturated/α-hetero) is 1. The van der Waals surface area contributed by atoms with Crippen molar-refractivity contribution in [3.8, 4) is 11.3 Å². The maximum Gasteiger partial charge on any atom is 0.197 e. The van der Waals surface area contributed by atoms with Gasteiger partial charge in [-0.3, -0.25) is 4.79 Å². The van der Waals surface area contributed by atoms with Crippen LogP contribution in [0.1, 0.15) is 40.6 Å². The average molecular weight is 534 g/mol. The van der Waals surface area contributed by atoms with Crippen LogP contribution < -0.4 is 4.90 Å². The minimum Gasteiger partial charge on any atom is -0.348 e. The molecule has 1 atom stereocenters. The highest BCUT2D eigenvalue weighted by molar-refractivity contribution is 5.89. The lowest BCUT2D eigenvalue weighted by Gasteiger charge is -2.29. The van der Waals surface area contributed by atoms with Crippen molar-refractivity contribution in [3.05, 3.63) is 112 Å². The van der Waals surface area contributed by atoms with Gasteiger partial charge >= 0.3 is 0 Å². The zero-order valence-electron chi connectivity index (χ0n) is 21.9. The smallest absolute Gasteiger partial charge is 0.197 e. The van der Waals surface area contributed by atoms with Crippen LogP contribution in [0.25, 0.3) is 11.3 Å². The monoisotopic (exact) mass is 533 g/mol. The molecule has 5 rings (SSSR count). The van der Waals surface area contributed by atoms with Gasteiger partial charge in [0.05, 0.1) is 23.1 Å². The molecule has 0 fully saturated rings. The summed E-state index contributed by atoms with van der Waals surface area (Å²) in [6, 6.07) is 17.0. The summed E-state index contributed by atoms with van der Waals surface area (Å²) in [4.78, 5) is 24.9. The van der Waals surface area contributed by atoms with Crippen LogP contribution in [0.3, 0.4) is 0 Å². The van der Waals surface area contributed by atoms with Crippen LogP contribution in [0.2, 0.25) is 0 Å². The highest BCUT2D eigenvalue weighted by Crippen LogP contribution is 2.34. The van der Waals surface area contributed by atoms with Crippen LogP contribution in [0.5, 0.6) is 0 Å². The summed E-state index contributed by atoms with van der Waals surface area (Å²) in [5.41, 5.74) is 4.63. The van der Waals surface area contributed by atoms with Gasteiger partial charge in [0.1, 0.15) is 0 Å². The number of likely N-dealkylation sites (N-methyl/N-ethyl adjacent to an activating group) is 1. The van der Waals surface area contributed by atoms with Crippen LogP contribution in [0, 0.1) is 30.2 Å². The first-order valence-electron chi connectivity index (χ1n) is 12.8. The number of nitrogens with zero attached hydrogens (tertiary/aromatic N) is 3. The maximum absolute atomic E-state index is 14.5. The van der Waals surface area contributed by atoms with Crippen LogP contribution in [-0.4, -0.2) is 28.8 Å². The van der Waals surface area contributed by atoms with Crippen LogP contribution in [0.15, 0.2) is 54.6 Å². The second kappa shape index (κ2) is 10.6. The number of aryl methyl sites for hydroxylation is 2. The second-order valence-corrected chi connectivity index (χ2v) is 9.90. The van der Waals surface area contributed by atoms with Crippen LogP contribution in [0.4, 0.5) is 23.4 Å². The summed E-state index contributed by atoms with van der Waals surface area (Å²) < 4.78 is 56.1. The van der Waals surface area contributed by atoms with Gasteiger partial charge in [-0.2, -0.15) is 0 Å². The van der Waals surface area contributed by atoms with E-state index >= 15 is 0 Å². The fourth-order valence-electron chi connectivity index (χ4n) is 5.02. The van der Waals surface area contributed by atoms with E-state index in [9.17, 15) is 22.4 Å². The van der Waals surface area contributed by atoms with Crippen LogP contribution >= 0.6 is 0 Å². The van der Waals surface area contributed by atoms with Crippen molar-refractivity contribution in [1.29, 1.82) is 0 Å². The molecule has 0 saturated carbocycles. The molecule has 0 aliphatic heterocycles. The lowest BCUT2D eigenvalue weighted by atomic mass is 9.91. The molecule has 0 bridgehead atoms. The van der Waals surface area contributed by atoms with Gasteiger partial charge < -0.3 is 4.90 Å². The number of hydrogen-bond acceptors (Lipinski definition) is 4. The molecule has 0 unspecified atom stereocenters. The number of aromatic nitrogens is 2. The topological polar surface area (TPSA) is 46.1 Å². The van der Waals surface area contributed by atoms with Crippen molar-refractivity contribution in [1.82, 2.24) is 9.97 Å². The first-order chi connectivity index (χ1) is 18.7. The molecule has 3 aromatic carbocycles. The van der Waals surface area contributed by atoms with E-state index in [0.717, 1.165) is 35.9 Å². The molecule has 39 heavy (non-hydrogen) atoms. The van der Waals surface area contributed by atoms with Crippen molar-refractivity contribution in [2.45, 2.75) is 45.6 Å². The minimum atomic E-state index is -1.92. The van der Waals surface area contributed by atoms with Gasteiger partial charge in [-0.05, 0) is 43.4 Å². The number of anilines is 1. The molecule has 0 saturated heterocycles. The molecule has 0 amide bonds. The molecular formula is C31H27F4N3O. The molecule has 0 N–H and O–H groups in total. The van der Waals surface area contributed by atoms with Gasteiger partial charge in [-0.15, -0.1) is 0 Å². The molecule has 1 aliphatic rings. The van der Waals surface area contributed by atoms with E-state index in [-0.39, 0.29) is 0 Å². The third-order valence-corrected chi connectivity index (χ3v) is 7.49. The summed E-state index contributed by atoms with van der Waals surface area (Å²) in [6.07, 6.45) is 1.36. The molecular weight excluding hydrogens is 506 g/mol. The zero-order valence-corrected chi connectivity index (χ0v) is 21.9. The van der Waals surface area contributed by atoms with Gasteiger partial charge in [-0.25, -0.2) is 27.5 Å². The van der Waals surface area contributed by atoms with Crippen molar-refractivity contribution >= 4 is 11.6 Å². The van der Waals surface area contributed by atoms with E-state index in [1.165, 1.54) is 5.56 Å². The highest BCUT2D eigenvalue weighted by Gasteiger charge is 2.29. The van der Waals surface area contributed by atoms with E-state index in [4.69, 9.17) is 9.97 Å². The van der Waals surface area contributed by atoms with E-state index in [1.807, 2.05) is 48.5 Å². The molecule has 1 heterocycles. The Morgan fingerprint density at radius 3 is 2.31 bits per heavy atom. The number of hydrogen-bond donors (Lipinski definition) is 0. The Hall–Kier alpha value is -4.07. The zero-order chi connectivity index (χ0) is 27.8. The average Bonchev–Trinajstić information content (AvgIpc) is 2.96. The lowest BCUT2D eigenvalue weighted by Crippen LogP contribution is -2.39. The van der Waals surface area contributed by atoms with Crippen molar-refractivity contribution in [2.75, 3.05) is 11.9 Å². The van der Waals surface area contributed by atoms with E-state index in [0.29, 0.717) is 24.4 Å². The fraction of sp³-hybridized carbons (Fsp3) is 0.258. The Labute approximate surface area is 224 Å². The van der Waals surface area contributed by atoms with E-state index in [1.54, 1.807) is 18.9 Å². The number of carbonyl (C=O) groups is 1. The summed E-state index contributed by atoms with van der Waals surface area (Å²) in [5.74, 6) is -6.85. The van der Waals surface area contributed by atoms with Crippen LogP contribution in [-0.2, 0) is 30.5 Å². The quantitative estimate of drug-likeness (QED) is 0.158. The molecule has 4 nitrogen and oxygen atoms in total. The third kappa shape index (κ3) is 4.91. The van der Waals surface area contributed by atoms with Gasteiger partial charge in [-0.1, -0.05) is 54.6 Å². The number of carbonyl (C=O) groups excluding carboxylic acids is 1. The Morgan fingerprint density at radius 2 is 1.56 bits per heavy atom. The maximum atomic E-state index is 14.5. The number of halogens is 4. The predicted molar refractivity (Wildman–Crippen MR) is 142 cm³/mol. The molecule has 1 aromatic heterocycles. The molecule has 1 aliphatic carbocycles. The van der Waals surface area contributed by atoms with Gasteiger partial charge in [0.15, 0.2) is 34.9 Å². The molecule has 0 spiro atoms. The van der Waals surface area contributed by atoms with Crippen molar-refractivity contribution < 1.29 is 22.4 Å².